The van der Waals surface area contributed by atoms with Crippen molar-refractivity contribution in [3.8, 4) is 11.5 Å². The Balaban J connectivity index is 2.02. The van der Waals surface area contributed by atoms with E-state index < -0.39 is 0 Å². The number of aromatic hydroxyl groups is 2. The Morgan fingerprint density at radius 2 is 1.57 bits per heavy atom. The van der Waals surface area contributed by atoms with Crippen LogP contribution in [0, 0.1) is 0 Å². The fraction of sp³-hybridized carbons (Fsp3) is 0.294. The first-order chi connectivity index (χ1) is 9.99. The van der Waals surface area contributed by atoms with Gasteiger partial charge in [-0.05, 0) is 36.8 Å². The first-order valence-electron chi connectivity index (χ1n) is 6.99. The van der Waals surface area contributed by atoms with Gasteiger partial charge in [0, 0.05) is 32.4 Å². The lowest BCUT2D eigenvalue weighted by Gasteiger charge is -2.17. The van der Waals surface area contributed by atoms with Gasteiger partial charge in [-0.15, -0.1) is 0 Å². The summed E-state index contributed by atoms with van der Waals surface area (Å²) < 4.78 is 0. The van der Waals surface area contributed by atoms with Gasteiger partial charge < -0.3 is 20.4 Å². The Morgan fingerprint density at radius 1 is 1.00 bits per heavy atom. The normalized spacial score (nSPS) is 12.1. The molecule has 0 heterocycles. The Labute approximate surface area is 125 Å². The van der Waals surface area contributed by atoms with E-state index in [0.29, 0.717) is 12.1 Å². The molecule has 4 nitrogen and oxygen atoms in total. The van der Waals surface area contributed by atoms with Crippen molar-refractivity contribution in [3.05, 3.63) is 53.6 Å². The second kappa shape index (κ2) is 6.50. The molecule has 112 valence electrons. The molecule has 0 aliphatic heterocycles. The molecular formula is C17H22N2O2. The highest BCUT2D eigenvalue weighted by Gasteiger charge is 2.14. The van der Waals surface area contributed by atoms with E-state index >= 15 is 0 Å². The molecule has 2 aromatic rings. The second-order valence-electron chi connectivity index (χ2n) is 5.37. The maximum atomic E-state index is 9.85. The molecule has 0 radical (unpaired) electrons. The van der Waals surface area contributed by atoms with E-state index in [1.54, 1.807) is 18.2 Å². The molecule has 2 rings (SSSR count). The molecule has 0 saturated carbocycles. The second-order valence-corrected chi connectivity index (χ2v) is 5.37. The van der Waals surface area contributed by atoms with Gasteiger partial charge in [0.1, 0.15) is 11.5 Å². The van der Waals surface area contributed by atoms with Gasteiger partial charge in [0.05, 0.1) is 5.56 Å². The van der Waals surface area contributed by atoms with E-state index in [2.05, 4.69) is 34.5 Å². The van der Waals surface area contributed by atoms with Crippen molar-refractivity contribution in [1.82, 2.24) is 5.32 Å². The summed E-state index contributed by atoms with van der Waals surface area (Å²) in [6.45, 7) is 2.59. The lowest BCUT2D eigenvalue weighted by Crippen LogP contribution is -2.18. The average molecular weight is 286 g/mol. The fourth-order valence-corrected chi connectivity index (χ4v) is 2.27. The molecule has 0 spiro atoms. The Morgan fingerprint density at radius 3 is 2.10 bits per heavy atom. The predicted octanol–water partition coefficient (Wildman–Crippen LogP) is 3.01. The lowest BCUT2D eigenvalue weighted by atomic mass is 10.1. The maximum Gasteiger partial charge on any atom is 0.124 e. The van der Waals surface area contributed by atoms with E-state index in [1.165, 1.54) is 0 Å². The number of rotatable bonds is 5. The summed E-state index contributed by atoms with van der Waals surface area (Å²) in [6.07, 6.45) is 0. The molecule has 0 aliphatic carbocycles. The van der Waals surface area contributed by atoms with Gasteiger partial charge in [-0.25, -0.2) is 0 Å². The molecule has 4 heteroatoms. The van der Waals surface area contributed by atoms with E-state index in [9.17, 15) is 10.2 Å². The summed E-state index contributed by atoms with van der Waals surface area (Å²) in [4.78, 5) is 2.06. The highest BCUT2D eigenvalue weighted by atomic mass is 16.3. The number of hydrogen-bond acceptors (Lipinski definition) is 4. The van der Waals surface area contributed by atoms with Gasteiger partial charge in [-0.1, -0.05) is 18.2 Å². The Hall–Kier alpha value is -2.20. The predicted molar refractivity (Wildman–Crippen MR) is 85.8 cm³/mol. The highest BCUT2D eigenvalue weighted by molar-refractivity contribution is 5.46. The van der Waals surface area contributed by atoms with Crippen LogP contribution in [0.5, 0.6) is 11.5 Å². The largest absolute Gasteiger partial charge is 0.507 e. The molecule has 21 heavy (non-hydrogen) atoms. The van der Waals surface area contributed by atoms with Gasteiger partial charge in [0.25, 0.3) is 0 Å². The van der Waals surface area contributed by atoms with Crippen molar-refractivity contribution in [2.24, 2.45) is 0 Å². The van der Waals surface area contributed by atoms with E-state index in [4.69, 9.17) is 0 Å². The zero-order valence-electron chi connectivity index (χ0n) is 12.7. The van der Waals surface area contributed by atoms with Crippen LogP contribution in [0.25, 0.3) is 0 Å². The van der Waals surface area contributed by atoms with Crippen molar-refractivity contribution in [2.75, 3.05) is 19.0 Å². The standard InChI is InChI=1S/C17H22N2O2/c1-12(17-15(20)5-4-6-16(17)21)18-11-13-7-9-14(10-8-13)19(2)3/h4-10,12,18,20-21H,11H2,1-3H3. The third kappa shape index (κ3) is 3.67. The van der Waals surface area contributed by atoms with Crippen LogP contribution in [0.2, 0.25) is 0 Å². The summed E-state index contributed by atoms with van der Waals surface area (Å²) in [7, 11) is 4.02. The van der Waals surface area contributed by atoms with E-state index in [0.717, 1.165) is 11.3 Å². The van der Waals surface area contributed by atoms with Gasteiger partial charge in [-0.2, -0.15) is 0 Å². The summed E-state index contributed by atoms with van der Waals surface area (Å²) in [6, 6.07) is 12.9. The van der Waals surface area contributed by atoms with Gasteiger partial charge >= 0.3 is 0 Å². The van der Waals surface area contributed by atoms with Crippen LogP contribution in [0.3, 0.4) is 0 Å². The number of phenolic OH excluding ortho intramolecular Hbond substituents is 2. The van der Waals surface area contributed by atoms with Crippen LogP contribution in [0.1, 0.15) is 24.1 Å². The number of benzene rings is 2. The Kier molecular flexibility index (Phi) is 4.70. The fourth-order valence-electron chi connectivity index (χ4n) is 2.27. The highest BCUT2D eigenvalue weighted by Crippen LogP contribution is 2.32. The first-order valence-corrected chi connectivity index (χ1v) is 6.99. The van der Waals surface area contributed by atoms with Crippen molar-refractivity contribution in [3.63, 3.8) is 0 Å². The molecule has 2 aromatic carbocycles. The number of hydrogen-bond donors (Lipinski definition) is 3. The summed E-state index contributed by atoms with van der Waals surface area (Å²) in [5.41, 5.74) is 2.84. The topological polar surface area (TPSA) is 55.7 Å². The van der Waals surface area contributed by atoms with Crippen LogP contribution in [-0.2, 0) is 6.54 Å². The van der Waals surface area contributed by atoms with E-state index in [1.807, 2.05) is 21.0 Å². The molecule has 0 fully saturated rings. The van der Waals surface area contributed by atoms with Gasteiger partial charge in [-0.3, -0.25) is 0 Å². The molecule has 0 amide bonds. The third-order valence-corrected chi connectivity index (χ3v) is 3.56. The molecular weight excluding hydrogens is 264 g/mol. The molecule has 1 atom stereocenters. The average Bonchev–Trinajstić information content (AvgIpc) is 2.45. The zero-order valence-corrected chi connectivity index (χ0v) is 12.7. The lowest BCUT2D eigenvalue weighted by molar-refractivity contribution is 0.418. The maximum absolute atomic E-state index is 9.85. The van der Waals surface area contributed by atoms with Crippen molar-refractivity contribution in [2.45, 2.75) is 19.5 Å². The Bertz CT molecular complexity index is 574. The number of anilines is 1. The molecule has 0 saturated heterocycles. The van der Waals surface area contributed by atoms with Crippen molar-refractivity contribution >= 4 is 5.69 Å². The minimum atomic E-state index is -0.139. The van der Waals surface area contributed by atoms with Gasteiger partial charge in [0.2, 0.25) is 0 Å². The SMILES string of the molecule is CC(NCc1ccc(N(C)C)cc1)c1c(O)cccc1O. The van der Waals surface area contributed by atoms with Crippen LogP contribution in [-0.4, -0.2) is 24.3 Å². The quantitative estimate of drug-likeness (QED) is 0.791. The molecule has 0 aliphatic rings. The van der Waals surface area contributed by atoms with Crippen molar-refractivity contribution in [1.29, 1.82) is 0 Å². The van der Waals surface area contributed by atoms with Crippen molar-refractivity contribution < 1.29 is 10.2 Å². The summed E-state index contributed by atoms with van der Waals surface area (Å²) in [5.74, 6) is 0.218. The smallest absolute Gasteiger partial charge is 0.124 e. The summed E-state index contributed by atoms with van der Waals surface area (Å²) in [5, 5.41) is 23.0. The van der Waals surface area contributed by atoms with Crippen LogP contribution in [0.4, 0.5) is 5.69 Å². The third-order valence-electron chi connectivity index (χ3n) is 3.56. The van der Waals surface area contributed by atoms with Gasteiger partial charge in [0.15, 0.2) is 0 Å². The minimum absolute atomic E-state index is 0.109. The number of nitrogens with zero attached hydrogens (tertiary/aromatic N) is 1. The molecule has 3 N–H and O–H groups in total. The van der Waals surface area contributed by atoms with E-state index in [-0.39, 0.29) is 17.5 Å². The molecule has 0 bridgehead atoms. The monoisotopic (exact) mass is 286 g/mol. The zero-order chi connectivity index (χ0) is 15.4. The van der Waals surface area contributed by atoms with Crippen LogP contribution < -0.4 is 10.2 Å². The van der Waals surface area contributed by atoms with Crippen LogP contribution >= 0.6 is 0 Å². The summed E-state index contributed by atoms with van der Waals surface area (Å²) >= 11 is 0. The molecule has 0 aromatic heterocycles. The number of nitrogens with one attached hydrogen (secondary N) is 1. The van der Waals surface area contributed by atoms with Crippen LogP contribution in [0.15, 0.2) is 42.5 Å². The minimum Gasteiger partial charge on any atom is -0.507 e. The first kappa shape index (κ1) is 15.2. The molecule has 1 unspecified atom stereocenters. The number of phenols is 2.